The molecule has 3 saturated heterocycles. The van der Waals surface area contributed by atoms with Crippen molar-refractivity contribution < 1.29 is 4.74 Å². The molecule has 2 aromatic heterocycles. The van der Waals surface area contributed by atoms with Crippen molar-refractivity contribution in [2.75, 3.05) is 43.5 Å². The Bertz CT molecular complexity index is 1280. The van der Waals surface area contributed by atoms with Gasteiger partial charge in [0.2, 0.25) is 5.95 Å². The molecule has 0 unspecified atom stereocenters. The maximum atomic E-state index is 9.11. The van der Waals surface area contributed by atoms with Crippen LogP contribution < -0.4 is 10.6 Å². The lowest BCUT2D eigenvalue weighted by atomic mass is 9.81. The average molecular weight is 516 g/mol. The van der Waals surface area contributed by atoms with E-state index in [-0.39, 0.29) is 0 Å². The summed E-state index contributed by atoms with van der Waals surface area (Å²) in [4.78, 5) is 14.9. The first-order valence-corrected chi connectivity index (χ1v) is 13.9. The van der Waals surface area contributed by atoms with E-state index in [9.17, 15) is 0 Å². The molecule has 0 saturated carbocycles. The predicted molar refractivity (Wildman–Crippen MR) is 147 cm³/mol. The number of fused-ring (bicyclic) bond motifs is 3. The van der Waals surface area contributed by atoms with E-state index in [0.29, 0.717) is 30.5 Å². The van der Waals surface area contributed by atoms with Gasteiger partial charge in [-0.3, -0.25) is 14.9 Å². The Kier molecular flexibility index (Phi) is 7.40. The molecule has 2 bridgehead atoms. The first-order valence-electron chi connectivity index (χ1n) is 13.9. The normalized spacial score (nSPS) is 24.3. The molecule has 5 heterocycles. The molecule has 10 nitrogen and oxygen atoms in total. The summed E-state index contributed by atoms with van der Waals surface area (Å²) in [6.07, 6.45) is 6.40. The molecular weight excluding hydrogens is 478 g/mol. The van der Waals surface area contributed by atoms with Crippen LogP contribution in [0.5, 0.6) is 0 Å². The predicted octanol–water partition coefficient (Wildman–Crippen LogP) is 3.95. The quantitative estimate of drug-likeness (QED) is 0.410. The third-order valence-electron chi connectivity index (χ3n) is 8.16. The van der Waals surface area contributed by atoms with Crippen molar-refractivity contribution in [1.29, 1.82) is 5.26 Å². The van der Waals surface area contributed by atoms with Gasteiger partial charge in [0.15, 0.2) is 5.82 Å². The highest BCUT2D eigenvalue weighted by atomic mass is 16.5. The number of ether oxygens (including phenoxy) is 1. The number of aromatic amines is 1. The van der Waals surface area contributed by atoms with Crippen molar-refractivity contribution in [3.63, 3.8) is 0 Å². The molecule has 38 heavy (non-hydrogen) atoms. The lowest BCUT2D eigenvalue weighted by molar-refractivity contribution is 0.0342. The number of hydrogen-bond acceptors (Lipinski definition) is 9. The summed E-state index contributed by atoms with van der Waals surface area (Å²) in [6.45, 7) is 7.24. The van der Waals surface area contributed by atoms with Crippen molar-refractivity contribution in [1.82, 2.24) is 30.0 Å². The van der Waals surface area contributed by atoms with E-state index in [1.807, 2.05) is 13.0 Å². The fourth-order valence-electron chi connectivity index (χ4n) is 6.38. The lowest BCUT2D eigenvalue weighted by Crippen LogP contribution is -2.55. The van der Waals surface area contributed by atoms with E-state index < -0.39 is 0 Å². The van der Waals surface area contributed by atoms with Crippen LogP contribution in [-0.4, -0.2) is 80.9 Å². The first-order chi connectivity index (χ1) is 18.6. The fourth-order valence-corrected chi connectivity index (χ4v) is 6.38. The van der Waals surface area contributed by atoms with Gasteiger partial charge in [0, 0.05) is 67.9 Å². The Hall–Kier alpha value is -3.26. The van der Waals surface area contributed by atoms with Gasteiger partial charge >= 0.3 is 0 Å². The van der Waals surface area contributed by atoms with E-state index in [1.54, 1.807) is 0 Å². The van der Waals surface area contributed by atoms with E-state index in [0.717, 1.165) is 80.5 Å². The zero-order valence-electron chi connectivity index (χ0n) is 22.1. The minimum absolute atomic E-state index is 0.318. The third kappa shape index (κ3) is 5.60. The molecule has 3 aromatic rings. The Morgan fingerprint density at radius 2 is 1.95 bits per heavy atom. The van der Waals surface area contributed by atoms with E-state index in [2.05, 4.69) is 54.9 Å². The molecule has 3 aliphatic heterocycles. The van der Waals surface area contributed by atoms with Crippen LogP contribution in [0.2, 0.25) is 0 Å². The Labute approximate surface area is 223 Å². The summed E-state index contributed by atoms with van der Waals surface area (Å²) in [7, 11) is 0. The first kappa shape index (κ1) is 25.0. The van der Waals surface area contributed by atoms with Crippen LogP contribution in [0, 0.1) is 18.3 Å². The number of anilines is 3. The number of morpholine rings is 1. The van der Waals surface area contributed by atoms with Gasteiger partial charge in [0.05, 0.1) is 24.8 Å². The molecule has 0 radical (unpaired) electrons. The highest BCUT2D eigenvalue weighted by molar-refractivity contribution is 5.92. The maximum Gasteiger partial charge on any atom is 0.225 e. The number of hydrogen-bond donors (Lipinski definition) is 3. The Morgan fingerprint density at radius 3 is 2.68 bits per heavy atom. The molecule has 3 fully saturated rings. The van der Waals surface area contributed by atoms with Gasteiger partial charge in [0.1, 0.15) is 5.82 Å². The van der Waals surface area contributed by atoms with E-state index in [1.165, 1.54) is 24.8 Å². The molecule has 3 atom stereocenters. The summed E-state index contributed by atoms with van der Waals surface area (Å²) >= 11 is 0. The molecule has 0 spiro atoms. The number of H-pyrrole nitrogens is 1. The van der Waals surface area contributed by atoms with Gasteiger partial charge in [-0.25, -0.2) is 4.98 Å². The van der Waals surface area contributed by atoms with Crippen molar-refractivity contribution in [3.05, 3.63) is 35.5 Å². The van der Waals surface area contributed by atoms with Crippen molar-refractivity contribution in [2.45, 2.75) is 70.1 Å². The number of piperidine rings is 2. The monoisotopic (exact) mass is 515 g/mol. The highest BCUT2D eigenvalue weighted by Crippen LogP contribution is 2.35. The van der Waals surface area contributed by atoms with E-state index in [4.69, 9.17) is 20.0 Å². The van der Waals surface area contributed by atoms with Crippen LogP contribution in [0.25, 0.3) is 10.9 Å². The van der Waals surface area contributed by atoms with Crippen LogP contribution >= 0.6 is 0 Å². The average Bonchev–Trinajstić information content (AvgIpc) is 3.32. The number of benzene rings is 1. The van der Waals surface area contributed by atoms with Crippen LogP contribution in [0.3, 0.4) is 0 Å². The number of aryl methyl sites for hydroxylation is 1. The molecule has 0 aliphatic carbocycles. The Morgan fingerprint density at radius 1 is 1.13 bits per heavy atom. The van der Waals surface area contributed by atoms with Gasteiger partial charge < -0.3 is 15.4 Å². The molecule has 6 rings (SSSR count). The summed E-state index contributed by atoms with van der Waals surface area (Å²) in [5.41, 5.74) is 3.16. The lowest BCUT2D eigenvalue weighted by Gasteiger charge is -2.48. The smallest absolute Gasteiger partial charge is 0.225 e. The van der Waals surface area contributed by atoms with Gasteiger partial charge in [-0.2, -0.15) is 15.3 Å². The highest BCUT2D eigenvalue weighted by Gasteiger charge is 2.38. The standard InChI is InChI=1S/C28H37N9O/c1-19-14-26(35-34-19)32-27-24-7-6-20(18-36-10-12-38-13-11-36)15-25(24)31-28(33-27)30-21-16-22-4-2-5-23(17-21)37(22)9-3-8-29/h6-7,14-15,21-23H,2-5,9-13,16-18H2,1H3,(H3,30,31,32,33,34,35)/t21-,22-,23+. The van der Waals surface area contributed by atoms with Gasteiger partial charge in [-0.05, 0) is 50.3 Å². The molecule has 3 N–H and O–H groups in total. The van der Waals surface area contributed by atoms with Crippen LogP contribution in [-0.2, 0) is 11.3 Å². The minimum Gasteiger partial charge on any atom is -0.379 e. The second-order valence-corrected chi connectivity index (χ2v) is 10.9. The van der Waals surface area contributed by atoms with Crippen LogP contribution in [0.15, 0.2) is 24.3 Å². The van der Waals surface area contributed by atoms with E-state index >= 15 is 0 Å². The van der Waals surface area contributed by atoms with Crippen LogP contribution in [0.4, 0.5) is 17.6 Å². The second kappa shape index (κ2) is 11.2. The van der Waals surface area contributed by atoms with Crippen LogP contribution in [0.1, 0.15) is 49.8 Å². The molecular formula is C28H37N9O. The number of nitrogens with zero attached hydrogens (tertiary/aromatic N) is 6. The summed E-state index contributed by atoms with van der Waals surface area (Å²) in [6, 6.07) is 12.2. The largest absolute Gasteiger partial charge is 0.379 e. The second-order valence-electron chi connectivity index (χ2n) is 10.9. The molecule has 1 aromatic carbocycles. The molecule has 0 amide bonds. The number of nitriles is 1. The summed E-state index contributed by atoms with van der Waals surface area (Å²) in [5.74, 6) is 2.16. The van der Waals surface area contributed by atoms with Gasteiger partial charge in [0.25, 0.3) is 0 Å². The third-order valence-corrected chi connectivity index (χ3v) is 8.16. The van der Waals surface area contributed by atoms with Crippen molar-refractivity contribution >= 4 is 28.5 Å². The molecule has 3 aliphatic rings. The Balaban J connectivity index is 1.26. The molecule has 200 valence electrons. The zero-order valence-corrected chi connectivity index (χ0v) is 22.1. The van der Waals surface area contributed by atoms with Gasteiger partial charge in [-0.15, -0.1) is 0 Å². The number of aromatic nitrogens is 4. The topological polar surface area (TPSA) is 118 Å². The molecule has 10 heteroatoms. The van der Waals surface area contributed by atoms with Crippen molar-refractivity contribution in [2.24, 2.45) is 0 Å². The number of nitrogens with one attached hydrogen (secondary N) is 3. The van der Waals surface area contributed by atoms with Crippen molar-refractivity contribution in [3.8, 4) is 6.07 Å². The summed E-state index contributed by atoms with van der Waals surface area (Å²) in [5, 5.41) is 24.6. The van der Waals surface area contributed by atoms with Gasteiger partial charge in [-0.1, -0.05) is 12.5 Å². The fraction of sp³-hybridized carbons (Fsp3) is 0.571. The zero-order chi connectivity index (χ0) is 25.9. The maximum absolute atomic E-state index is 9.11. The number of rotatable bonds is 8. The summed E-state index contributed by atoms with van der Waals surface area (Å²) < 4.78 is 5.52. The SMILES string of the molecule is Cc1cc(Nc2nc(N[C@@H]3C[C@H]4CCC[C@@H](C3)N4CCC#N)nc3cc(CN4CCOCC4)ccc23)n[nH]1. The minimum atomic E-state index is 0.318.